The Bertz CT molecular complexity index is 1480. The Kier molecular flexibility index (Phi) is 5.86. The number of nitrogens with two attached hydrogens (primary N) is 1. The summed E-state index contributed by atoms with van der Waals surface area (Å²) < 4.78 is 68.6. The quantitative estimate of drug-likeness (QED) is 0.412. The van der Waals surface area contributed by atoms with Gasteiger partial charge in [0, 0.05) is 11.1 Å². The molecule has 2 aromatic heterocycles. The molecule has 4 rings (SSSR count). The standard InChI is InChI=1S/C19H10Cl2F3N5O3S/c20-12-5-4-9(7-13(12)21)14-8-15(19(22,23)24)27-17(26-14)18-28-16(29-32-18)10-2-1-3-11(6-10)33(25,30)31/h1-8H,(H2,25,30,31). The lowest BCUT2D eigenvalue weighted by atomic mass is 10.1. The van der Waals surface area contributed by atoms with Crippen LogP contribution in [-0.4, -0.2) is 28.5 Å². The van der Waals surface area contributed by atoms with Gasteiger partial charge in [0.2, 0.25) is 21.7 Å². The van der Waals surface area contributed by atoms with Crippen LogP contribution < -0.4 is 5.14 Å². The average Bonchev–Trinajstić information content (AvgIpc) is 3.25. The Hall–Kier alpha value is -3.06. The van der Waals surface area contributed by atoms with Crippen LogP contribution in [-0.2, 0) is 16.2 Å². The first kappa shape index (κ1) is 23.1. The second kappa shape index (κ2) is 8.37. The van der Waals surface area contributed by atoms with E-state index >= 15 is 0 Å². The van der Waals surface area contributed by atoms with E-state index in [-0.39, 0.29) is 37.6 Å². The average molecular weight is 516 g/mol. The molecule has 0 saturated carbocycles. The van der Waals surface area contributed by atoms with E-state index in [4.69, 9.17) is 32.9 Å². The van der Waals surface area contributed by atoms with E-state index in [0.29, 0.717) is 0 Å². The number of hydrogen-bond acceptors (Lipinski definition) is 7. The van der Waals surface area contributed by atoms with E-state index in [9.17, 15) is 21.6 Å². The molecule has 0 aliphatic heterocycles. The molecule has 2 N–H and O–H groups in total. The number of hydrogen-bond donors (Lipinski definition) is 1. The molecular formula is C19H10Cl2F3N5O3S. The van der Waals surface area contributed by atoms with Gasteiger partial charge < -0.3 is 4.52 Å². The Balaban J connectivity index is 1.81. The van der Waals surface area contributed by atoms with E-state index in [1.807, 2.05) is 0 Å². The van der Waals surface area contributed by atoms with Crippen molar-refractivity contribution in [2.75, 3.05) is 0 Å². The van der Waals surface area contributed by atoms with Crippen molar-refractivity contribution < 1.29 is 26.1 Å². The van der Waals surface area contributed by atoms with E-state index in [0.717, 1.165) is 6.07 Å². The van der Waals surface area contributed by atoms with Crippen LogP contribution in [0.3, 0.4) is 0 Å². The molecule has 14 heteroatoms. The number of alkyl halides is 3. The van der Waals surface area contributed by atoms with Gasteiger partial charge in [-0.3, -0.25) is 0 Å². The number of benzene rings is 2. The molecule has 0 fully saturated rings. The highest BCUT2D eigenvalue weighted by atomic mass is 35.5. The molecular weight excluding hydrogens is 506 g/mol. The predicted molar refractivity (Wildman–Crippen MR) is 113 cm³/mol. The smallest absolute Gasteiger partial charge is 0.330 e. The van der Waals surface area contributed by atoms with E-state index in [1.165, 1.54) is 42.5 Å². The lowest BCUT2D eigenvalue weighted by molar-refractivity contribution is -0.141. The molecule has 0 unspecified atom stereocenters. The summed E-state index contributed by atoms with van der Waals surface area (Å²) in [5.41, 5.74) is -0.904. The summed E-state index contributed by atoms with van der Waals surface area (Å²) in [6.45, 7) is 0. The number of sulfonamides is 1. The van der Waals surface area contributed by atoms with Gasteiger partial charge in [-0.15, -0.1) is 0 Å². The van der Waals surface area contributed by atoms with Crippen molar-refractivity contribution in [3.05, 3.63) is 64.3 Å². The minimum Gasteiger partial charge on any atom is -0.330 e. The normalized spacial score (nSPS) is 12.2. The van der Waals surface area contributed by atoms with Crippen molar-refractivity contribution in [3.8, 4) is 34.4 Å². The van der Waals surface area contributed by atoms with Gasteiger partial charge in [-0.25, -0.2) is 23.5 Å². The van der Waals surface area contributed by atoms with Gasteiger partial charge in [-0.1, -0.05) is 46.6 Å². The zero-order valence-electron chi connectivity index (χ0n) is 16.0. The molecule has 0 spiro atoms. The summed E-state index contributed by atoms with van der Waals surface area (Å²) in [6, 6.07) is 10.3. The van der Waals surface area contributed by atoms with Gasteiger partial charge in [0.15, 0.2) is 0 Å². The van der Waals surface area contributed by atoms with E-state index in [1.54, 1.807) is 0 Å². The first-order valence-corrected chi connectivity index (χ1v) is 11.1. The van der Waals surface area contributed by atoms with Crippen LogP contribution in [0.15, 0.2) is 57.9 Å². The molecule has 0 bridgehead atoms. The fourth-order valence-corrected chi connectivity index (χ4v) is 3.59. The molecule has 33 heavy (non-hydrogen) atoms. The molecule has 0 saturated heterocycles. The monoisotopic (exact) mass is 515 g/mol. The third-order valence-electron chi connectivity index (χ3n) is 4.27. The van der Waals surface area contributed by atoms with Crippen LogP contribution >= 0.6 is 23.2 Å². The topological polar surface area (TPSA) is 125 Å². The Morgan fingerprint density at radius 3 is 2.30 bits per heavy atom. The molecule has 0 radical (unpaired) electrons. The minimum absolute atomic E-state index is 0.104. The molecule has 4 aromatic rings. The first-order chi connectivity index (χ1) is 15.4. The van der Waals surface area contributed by atoms with Gasteiger partial charge in [0.1, 0.15) is 5.69 Å². The lowest BCUT2D eigenvalue weighted by Crippen LogP contribution is -2.12. The summed E-state index contributed by atoms with van der Waals surface area (Å²) in [6.07, 6.45) is -4.80. The zero-order valence-corrected chi connectivity index (χ0v) is 18.3. The largest absolute Gasteiger partial charge is 0.433 e. The van der Waals surface area contributed by atoms with E-state index < -0.39 is 33.6 Å². The number of halogens is 5. The molecule has 0 aliphatic carbocycles. The van der Waals surface area contributed by atoms with Crippen LogP contribution in [0.25, 0.3) is 34.4 Å². The number of nitrogens with zero attached hydrogens (tertiary/aromatic N) is 4. The van der Waals surface area contributed by atoms with Crippen LogP contribution in [0.5, 0.6) is 0 Å². The summed E-state index contributed by atoms with van der Waals surface area (Å²) in [5, 5.41) is 9.14. The van der Waals surface area contributed by atoms with Gasteiger partial charge in [-0.2, -0.15) is 18.2 Å². The summed E-state index contributed by atoms with van der Waals surface area (Å²) >= 11 is 11.9. The highest BCUT2D eigenvalue weighted by Crippen LogP contribution is 2.34. The maximum absolute atomic E-state index is 13.5. The van der Waals surface area contributed by atoms with Crippen molar-refractivity contribution >= 4 is 33.2 Å². The fourth-order valence-electron chi connectivity index (χ4n) is 2.74. The Morgan fingerprint density at radius 1 is 0.879 bits per heavy atom. The van der Waals surface area contributed by atoms with Crippen molar-refractivity contribution in [1.82, 2.24) is 20.1 Å². The molecule has 8 nitrogen and oxygen atoms in total. The van der Waals surface area contributed by atoms with Gasteiger partial charge in [0.05, 0.1) is 20.6 Å². The minimum atomic E-state index is -4.80. The van der Waals surface area contributed by atoms with Gasteiger partial charge in [-0.05, 0) is 30.3 Å². The Labute approximate surface area is 194 Å². The van der Waals surface area contributed by atoms with Crippen LogP contribution in [0, 0.1) is 0 Å². The highest BCUT2D eigenvalue weighted by molar-refractivity contribution is 7.89. The van der Waals surface area contributed by atoms with Crippen molar-refractivity contribution in [1.29, 1.82) is 0 Å². The summed E-state index contributed by atoms with van der Waals surface area (Å²) in [7, 11) is -4.00. The second-order valence-corrected chi connectivity index (χ2v) is 8.96. The maximum atomic E-state index is 13.5. The highest BCUT2D eigenvalue weighted by Gasteiger charge is 2.34. The zero-order chi connectivity index (χ0) is 24.0. The van der Waals surface area contributed by atoms with Crippen molar-refractivity contribution in [2.24, 2.45) is 5.14 Å². The Morgan fingerprint density at radius 2 is 1.64 bits per heavy atom. The summed E-state index contributed by atoms with van der Waals surface area (Å²) in [5.74, 6) is -1.02. The molecule has 2 heterocycles. The van der Waals surface area contributed by atoms with E-state index in [2.05, 4.69) is 20.1 Å². The first-order valence-electron chi connectivity index (χ1n) is 8.81. The van der Waals surface area contributed by atoms with Crippen molar-refractivity contribution in [2.45, 2.75) is 11.1 Å². The molecule has 0 amide bonds. The molecule has 0 aliphatic rings. The molecule has 0 atom stereocenters. The van der Waals surface area contributed by atoms with Crippen LogP contribution in [0.4, 0.5) is 13.2 Å². The number of primary sulfonamides is 1. The second-order valence-electron chi connectivity index (χ2n) is 6.58. The van der Waals surface area contributed by atoms with Gasteiger partial charge >= 0.3 is 6.18 Å². The van der Waals surface area contributed by atoms with Crippen molar-refractivity contribution in [3.63, 3.8) is 0 Å². The predicted octanol–water partition coefficient (Wildman–Crippen LogP) is 4.83. The SMILES string of the molecule is NS(=O)(=O)c1cccc(-c2noc(-c3nc(-c4ccc(Cl)c(Cl)c4)cc(C(F)(F)F)n3)n2)c1. The number of rotatable bonds is 4. The third-order valence-corrected chi connectivity index (χ3v) is 5.92. The maximum Gasteiger partial charge on any atom is 0.433 e. The molecule has 170 valence electrons. The fraction of sp³-hybridized carbons (Fsp3) is 0.0526. The van der Waals surface area contributed by atoms with Crippen LogP contribution in [0.1, 0.15) is 5.69 Å². The van der Waals surface area contributed by atoms with Gasteiger partial charge in [0.25, 0.3) is 5.89 Å². The summed E-state index contributed by atoms with van der Waals surface area (Å²) in [4.78, 5) is 11.4. The lowest BCUT2D eigenvalue weighted by Gasteiger charge is -2.09. The third kappa shape index (κ3) is 4.98. The number of aromatic nitrogens is 4. The van der Waals surface area contributed by atoms with Crippen LogP contribution in [0.2, 0.25) is 10.0 Å². The molecule has 2 aromatic carbocycles.